The van der Waals surface area contributed by atoms with Gasteiger partial charge in [-0.25, -0.2) is 14.4 Å². The van der Waals surface area contributed by atoms with Crippen molar-refractivity contribution >= 4 is 16.9 Å². The number of nitrogens with two attached hydrogens (primary N) is 1. The van der Waals surface area contributed by atoms with Crippen LogP contribution in [0.25, 0.3) is 22.4 Å². The van der Waals surface area contributed by atoms with E-state index in [0.717, 1.165) is 43.6 Å². The van der Waals surface area contributed by atoms with Gasteiger partial charge >= 0.3 is 0 Å². The van der Waals surface area contributed by atoms with E-state index in [1.54, 1.807) is 12.3 Å². The summed E-state index contributed by atoms with van der Waals surface area (Å²) in [5, 5.41) is 7.84. The fourth-order valence-electron chi connectivity index (χ4n) is 4.26. The minimum Gasteiger partial charge on any atom is -0.356 e. The fourth-order valence-corrected chi connectivity index (χ4v) is 4.26. The predicted molar refractivity (Wildman–Crippen MR) is 118 cm³/mol. The van der Waals surface area contributed by atoms with Crippen molar-refractivity contribution in [2.75, 3.05) is 18.0 Å². The Morgan fingerprint density at radius 1 is 1.34 bits per heavy atom. The first-order valence-corrected chi connectivity index (χ1v) is 10.3. The molecule has 158 valence electrons. The molecule has 29 heavy (non-hydrogen) atoms. The Balaban J connectivity index is 0.00000171. The number of halogens is 1. The van der Waals surface area contributed by atoms with Crippen molar-refractivity contribution in [3.05, 3.63) is 36.3 Å². The molecule has 6 nitrogen and oxygen atoms in total. The van der Waals surface area contributed by atoms with Crippen molar-refractivity contribution in [1.82, 2.24) is 20.2 Å². The molecule has 2 unspecified atom stereocenters. The minimum absolute atomic E-state index is 0. The van der Waals surface area contributed by atoms with Crippen LogP contribution in [0.5, 0.6) is 0 Å². The Morgan fingerprint density at radius 2 is 2.17 bits per heavy atom. The van der Waals surface area contributed by atoms with Gasteiger partial charge in [-0.3, -0.25) is 5.10 Å². The van der Waals surface area contributed by atoms with Gasteiger partial charge in [0.25, 0.3) is 0 Å². The van der Waals surface area contributed by atoms with Crippen molar-refractivity contribution in [2.45, 2.75) is 46.1 Å². The second-order valence-corrected chi connectivity index (χ2v) is 9.25. The lowest BCUT2D eigenvalue weighted by Gasteiger charge is -2.38. The average molecular weight is 401 g/mol. The molecular formula is C22H33FN6. The quantitative estimate of drug-likeness (QED) is 0.667. The Labute approximate surface area is 173 Å². The molecule has 0 aromatic carbocycles. The Kier molecular flexibility index (Phi) is 5.25. The molecule has 2 atom stereocenters. The zero-order valence-corrected chi connectivity index (χ0v) is 17.3. The van der Waals surface area contributed by atoms with Crippen LogP contribution in [0.2, 0.25) is 0 Å². The van der Waals surface area contributed by atoms with E-state index in [4.69, 9.17) is 5.73 Å². The van der Waals surface area contributed by atoms with Crippen LogP contribution in [-0.4, -0.2) is 39.3 Å². The van der Waals surface area contributed by atoms with Gasteiger partial charge in [-0.1, -0.05) is 20.8 Å². The van der Waals surface area contributed by atoms with E-state index < -0.39 is 0 Å². The highest BCUT2D eigenvalue weighted by Gasteiger charge is 2.29. The van der Waals surface area contributed by atoms with E-state index in [9.17, 15) is 4.39 Å². The Morgan fingerprint density at radius 3 is 2.97 bits per heavy atom. The van der Waals surface area contributed by atoms with Crippen LogP contribution in [0.3, 0.4) is 0 Å². The van der Waals surface area contributed by atoms with Crippen molar-refractivity contribution in [2.24, 2.45) is 17.1 Å². The highest BCUT2D eigenvalue weighted by molar-refractivity contribution is 5.89. The molecule has 1 saturated heterocycles. The summed E-state index contributed by atoms with van der Waals surface area (Å²) in [7, 11) is 0. The van der Waals surface area contributed by atoms with Gasteiger partial charge in [-0.2, -0.15) is 5.10 Å². The molecule has 3 N–H and O–H groups in total. The van der Waals surface area contributed by atoms with Gasteiger partial charge < -0.3 is 10.6 Å². The second-order valence-electron chi connectivity index (χ2n) is 9.25. The van der Waals surface area contributed by atoms with Crippen LogP contribution in [0.1, 0.15) is 42.9 Å². The number of nitrogens with zero attached hydrogens (tertiary/aromatic N) is 4. The molecule has 3 aromatic heterocycles. The van der Waals surface area contributed by atoms with Crippen molar-refractivity contribution in [1.29, 1.82) is 0 Å². The lowest BCUT2D eigenvalue weighted by molar-refractivity contribution is 0.260. The summed E-state index contributed by atoms with van der Waals surface area (Å²) in [6.07, 6.45) is 4.84. The zero-order chi connectivity index (χ0) is 20.6. The van der Waals surface area contributed by atoms with E-state index in [2.05, 4.69) is 45.8 Å². The third kappa shape index (κ3) is 4.24. The Hall–Kier alpha value is -2.54. The van der Waals surface area contributed by atoms with Crippen LogP contribution in [0.4, 0.5) is 10.2 Å². The van der Waals surface area contributed by atoms with Crippen molar-refractivity contribution in [3.63, 3.8) is 0 Å². The number of nitrogens with one attached hydrogen (secondary N) is 1. The molecule has 7 heteroatoms. The van der Waals surface area contributed by atoms with Crippen molar-refractivity contribution in [3.8, 4) is 11.4 Å². The predicted octanol–water partition coefficient (Wildman–Crippen LogP) is 4.63. The highest BCUT2D eigenvalue weighted by Crippen LogP contribution is 2.31. The number of anilines is 1. The summed E-state index contributed by atoms with van der Waals surface area (Å²) in [4.78, 5) is 11.1. The number of hydrogen-bond acceptors (Lipinski definition) is 5. The highest BCUT2D eigenvalue weighted by atomic mass is 19.1. The number of rotatable bonds is 4. The monoisotopic (exact) mass is 400 g/mol. The number of hydrogen-bond donors (Lipinski definition) is 2. The average Bonchev–Trinajstić information content (AvgIpc) is 3.11. The molecule has 0 bridgehead atoms. The Bertz CT molecular complexity index is 1000. The van der Waals surface area contributed by atoms with Gasteiger partial charge in [0.2, 0.25) is 0 Å². The van der Waals surface area contributed by atoms with Gasteiger partial charge in [0.05, 0.1) is 5.69 Å². The summed E-state index contributed by atoms with van der Waals surface area (Å²) in [6, 6.07) is 7.08. The van der Waals surface area contributed by atoms with E-state index in [0.29, 0.717) is 17.3 Å². The second kappa shape index (κ2) is 7.71. The van der Waals surface area contributed by atoms with Crippen LogP contribution < -0.4 is 10.6 Å². The first kappa shape index (κ1) is 19.8. The maximum Gasteiger partial charge on any atom is 0.181 e. The summed E-state index contributed by atoms with van der Waals surface area (Å²) < 4.78 is 14.6. The molecule has 3 aromatic rings. The molecule has 0 spiro atoms. The van der Waals surface area contributed by atoms with E-state index in [1.165, 1.54) is 6.07 Å². The maximum atomic E-state index is 14.6. The molecule has 0 saturated carbocycles. The van der Waals surface area contributed by atoms with Crippen LogP contribution in [0.15, 0.2) is 30.5 Å². The number of aromatic nitrogens is 4. The number of piperidine rings is 1. The first-order valence-electron chi connectivity index (χ1n) is 10.3. The van der Waals surface area contributed by atoms with E-state index in [-0.39, 0.29) is 25.8 Å². The topological polar surface area (TPSA) is 83.7 Å². The number of pyridine rings is 2. The van der Waals surface area contributed by atoms with E-state index in [1.807, 2.05) is 12.1 Å². The maximum absolute atomic E-state index is 14.6. The minimum atomic E-state index is -0.374. The molecule has 1 aliphatic heterocycles. The molecule has 0 amide bonds. The van der Waals surface area contributed by atoms with E-state index >= 15 is 0 Å². The molecule has 1 fully saturated rings. The van der Waals surface area contributed by atoms with Gasteiger partial charge in [0, 0.05) is 33.6 Å². The standard InChI is InChI=1S/C22H29FN6.2H2/c1-22(2,3)12-17(24)14-6-5-11-29(13-14)18-9-8-16(23)20(26-18)19-15-7-4-10-25-21(15)28-27-19;;/h4,7-10,14,17H,5-6,11-13,24H2,1-3H3,(H,25,27,28);2*1H. The molecule has 1 aliphatic rings. The molecular weight excluding hydrogens is 367 g/mol. The van der Waals surface area contributed by atoms with Crippen LogP contribution in [0, 0.1) is 17.2 Å². The van der Waals surface area contributed by atoms with Gasteiger partial charge in [-0.05, 0) is 54.9 Å². The summed E-state index contributed by atoms with van der Waals surface area (Å²) in [6.45, 7) is 8.43. The largest absolute Gasteiger partial charge is 0.356 e. The normalized spacial score (nSPS) is 18.9. The van der Waals surface area contributed by atoms with Gasteiger partial charge in [0.15, 0.2) is 11.5 Å². The molecule has 0 radical (unpaired) electrons. The summed E-state index contributed by atoms with van der Waals surface area (Å²) >= 11 is 0. The summed E-state index contributed by atoms with van der Waals surface area (Å²) in [5.41, 5.74) is 8.14. The number of aromatic amines is 1. The zero-order valence-electron chi connectivity index (χ0n) is 17.3. The summed E-state index contributed by atoms with van der Waals surface area (Å²) in [5.74, 6) is 0.817. The lowest BCUT2D eigenvalue weighted by atomic mass is 9.80. The smallest absolute Gasteiger partial charge is 0.181 e. The first-order chi connectivity index (χ1) is 13.8. The van der Waals surface area contributed by atoms with Gasteiger partial charge in [0.1, 0.15) is 11.5 Å². The number of H-pyrrole nitrogens is 1. The fraction of sp³-hybridized carbons (Fsp3) is 0.500. The van der Waals surface area contributed by atoms with Crippen LogP contribution >= 0.6 is 0 Å². The molecule has 0 aliphatic carbocycles. The SMILES string of the molecule is CC(C)(C)CC(N)C1CCCN(c2ccc(F)c(-c3[nH]nc4ncccc34)n2)C1.[HH].[HH]. The van der Waals surface area contributed by atoms with Crippen molar-refractivity contribution < 1.29 is 7.24 Å². The molecule has 4 rings (SSSR count). The third-order valence-electron chi connectivity index (χ3n) is 5.63. The lowest BCUT2D eigenvalue weighted by Crippen LogP contribution is -2.45. The molecule has 4 heterocycles. The third-order valence-corrected chi connectivity index (χ3v) is 5.63. The van der Waals surface area contributed by atoms with Crippen LogP contribution in [-0.2, 0) is 0 Å². The van der Waals surface area contributed by atoms with Gasteiger partial charge in [-0.15, -0.1) is 0 Å². The number of fused-ring (bicyclic) bond motifs is 1.